The molecule has 20 heavy (non-hydrogen) atoms. The summed E-state index contributed by atoms with van der Waals surface area (Å²) in [4.78, 5) is 11.1. The minimum Gasteiger partial charge on any atom is -0.507 e. The van der Waals surface area contributed by atoms with Crippen LogP contribution < -0.4 is 0 Å². The average Bonchev–Trinajstić information content (AvgIpc) is 2.40. The maximum Gasteiger partial charge on any atom is 0.339 e. The Morgan fingerprint density at radius 3 is 2.55 bits per heavy atom. The molecule has 0 aromatic heterocycles. The molecule has 0 saturated heterocycles. The Kier molecular flexibility index (Phi) is 4.00. The fourth-order valence-corrected chi connectivity index (χ4v) is 2.46. The molecular formula is C16H15ClO3. The van der Waals surface area contributed by atoms with Gasteiger partial charge in [-0.2, -0.15) is 0 Å². The number of carboxylic acid groups (broad SMARTS) is 1. The van der Waals surface area contributed by atoms with E-state index in [0.717, 1.165) is 11.1 Å². The molecule has 0 radical (unpaired) electrons. The summed E-state index contributed by atoms with van der Waals surface area (Å²) in [5.74, 6) is -1.56. The summed E-state index contributed by atoms with van der Waals surface area (Å²) in [7, 11) is 0. The van der Waals surface area contributed by atoms with Gasteiger partial charge in [-0.15, -0.1) is 0 Å². The normalized spacial score (nSPS) is 12.2. The minimum atomic E-state index is -1.19. The first kappa shape index (κ1) is 14.4. The van der Waals surface area contributed by atoms with Gasteiger partial charge in [0.1, 0.15) is 11.3 Å². The molecule has 0 bridgehead atoms. The molecule has 2 rings (SSSR count). The van der Waals surface area contributed by atoms with Gasteiger partial charge in [0.05, 0.1) is 0 Å². The molecule has 0 spiro atoms. The number of rotatable bonds is 3. The van der Waals surface area contributed by atoms with E-state index in [4.69, 9.17) is 16.7 Å². The Bertz CT molecular complexity index is 665. The highest BCUT2D eigenvalue weighted by molar-refractivity contribution is 6.31. The third-order valence-electron chi connectivity index (χ3n) is 3.34. The van der Waals surface area contributed by atoms with Gasteiger partial charge in [0.2, 0.25) is 0 Å². The highest BCUT2D eigenvalue weighted by atomic mass is 35.5. The van der Waals surface area contributed by atoms with Crippen molar-refractivity contribution in [2.45, 2.75) is 19.8 Å². The first-order valence-corrected chi connectivity index (χ1v) is 6.60. The molecular weight excluding hydrogens is 276 g/mol. The molecule has 1 unspecified atom stereocenters. The van der Waals surface area contributed by atoms with Crippen LogP contribution >= 0.6 is 11.6 Å². The second kappa shape index (κ2) is 5.55. The van der Waals surface area contributed by atoms with Crippen LogP contribution in [-0.2, 0) is 0 Å². The average molecular weight is 291 g/mol. The van der Waals surface area contributed by atoms with Crippen molar-refractivity contribution < 1.29 is 15.0 Å². The molecule has 4 heteroatoms. The molecule has 2 aromatic carbocycles. The summed E-state index contributed by atoms with van der Waals surface area (Å²) in [6, 6.07) is 10.7. The Hall–Kier alpha value is -2.00. The van der Waals surface area contributed by atoms with E-state index < -0.39 is 5.97 Å². The maximum atomic E-state index is 11.1. The SMILES string of the molecule is Cc1cccc(C(C)c2cc(Cl)cc(C(=O)O)c2O)c1. The first-order valence-electron chi connectivity index (χ1n) is 6.22. The Balaban J connectivity index is 2.55. The number of aromatic carboxylic acids is 1. The van der Waals surface area contributed by atoms with E-state index in [9.17, 15) is 9.90 Å². The number of carbonyl (C=O) groups is 1. The zero-order chi connectivity index (χ0) is 14.9. The summed E-state index contributed by atoms with van der Waals surface area (Å²) in [6.45, 7) is 3.89. The van der Waals surface area contributed by atoms with E-state index in [2.05, 4.69) is 0 Å². The van der Waals surface area contributed by atoms with Crippen molar-refractivity contribution in [1.29, 1.82) is 0 Å². The molecule has 0 aliphatic heterocycles. The van der Waals surface area contributed by atoms with Gasteiger partial charge in [-0.25, -0.2) is 4.79 Å². The number of carboxylic acids is 1. The molecule has 0 amide bonds. The topological polar surface area (TPSA) is 57.5 Å². The zero-order valence-electron chi connectivity index (χ0n) is 11.2. The maximum absolute atomic E-state index is 11.1. The van der Waals surface area contributed by atoms with Gasteiger partial charge in [0.15, 0.2) is 0 Å². The largest absolute Gasteiger partial charge is 0.507 e. The lowest BCUT2D eigenvalue weighted by Crippen LogP contribution is -2.03. The van der Waals surface area contributed by atoms with Crippen LogP contribution in [0, 0.1) is 6.92 Å². The van der Waals surface area contributed by atoms with Crippen molar-refractivity contribution in [1.82, 2.24) is 0 Å². The van der Waals surface area contributed by atoms with E-state index in [1.165, 1.54) is 6.07 Å². The fourth-order valence-electron chi connectivity index (χ4n) is 2.23. The van der Waals surface area contributed by atoms with Gasteiger partial charge < -0.3 is 10.2 Å². The molecule has 104 valence electrons. The zero-order valence-corrected chi connectivity index (χ0v) is 12.0. The highest BCUT2D eigenvalue weighted by Gasteiger charge is 2.20. The predicted octanol–water partition coefficient (Wildman–Crippen LogP) is 4.20. The molecule has 1 atom stereocenters. The van der Waals surface area contributed by atoms with Crippen molar-refractivity contribution in [3.05, 3.63) is 63.7 Å². The number of aryl methyl sites for hydroxylation is 1. The van der Waals surface area contributed by atoms with Crippen LogP contribution in [0.4, 0.5) is 0 Å². The van der Waals surface area contributed by atoms with E-state index >= 15 is 0 Å². The van der Waals surface area contributed by atoms with Gasteiger partial charge in [-0.1, -0.05) is 48.4 Å². The van der Waals surface area contributed by atoms with Gasteiger partial charge in [0.25, 0.3) is 0 Å². The summed E-state index contributed by atoms with van der Waals surface area (Å²) < 4.78 is 0. The van der Waals surface area contributed by atoms with Crippen LogP contribution in [0.15, 0.2) is 36.4 Å². The summed E-state index contributed by atoms with van der Waals surface area (Å²) in [6.07, 6.45) is 0. The lowest BCUT2D eigenvalue weighted by atomic mass is 9.90. The Morgan fingerprint density at radius 2 is 1.95 bits per heavy atom. The van der Waals surface area contributed by atoms with E-state index in [1.807, 2.05) is 38.1 Å². The second-order valence-corrected chi connectivity index (χ2v) is 5.27. The predicted molar refractivity (Wildman–Crippen MR) is 78.8 cm³/mol. The fraction of sp³-hybridized carbons (Fsp3) is 0.188. The Morgan fingerprint density at radius 1 is 1.25 bits per heavy atom. The minimum absolute atomic E-state index is 0.147. The summed E-state index contributed by atoms with van der Waals surface area (Å²) in [5, 5.41) is 19.5. The summed E-state index contributed by atoms with van der Waals surface area (Å²) in [5.41, 5.74) is 2.45. The smallest absolute Gasteiger partial charge is 0.339 e. The van der Waals surface area contributed by atoms with Gasteiger partial charge in [-0.3, -0.25) is 0 Å². The molecule has 0 aliphatic rings. The lowest BCUT2D eigenvalue weighted by molar-refractivity contribution is 0.0693. The van der Waals surface area contributed by atoms with Crippen molar-refractivity contribution >= 4 is 17.6 Å². The molecule has 0 saturated carbocycles. The molecule has 3 nitrogen and oxygen atoms in total. The van der Waals surface area contributed by atoms with Crippen molar-refractivity contribution in [2.24, 2.45) is 0 Å². The number of benzene rings is 2. The molecule has 0 aliphatic carbocycles. The third-order valence-corrected chi connectivity index (χ3v) is 3.56. The number of halogens is 1. The number of phenols is 1. The van der Waals surface area contributed by atoms with Gasteiger partial charge in [-0.05, 0) is 24.6 Å². The molecule has 2 aromatic rings. The number of aromatic hydroxyl groups is 1. The molecule has 0 fully saturated rings. The quantitative estimate of drug-likeness (QED) is 0.890. The first-order chi connectivity index (χ1) is 9.40. The van der Waals surface area contributed by atoms with Crippen LogP contribution in [0.3, 0.4) is 0 Å². The summed E-state index contributed by atoms with van der Waals surface area (Å²) >= 11 is 5.95. The molecule has 0 heterocycles. The van der Waals surface area contributed by atoms with Crippen LogP contribution in [-0.4, -0.2) is 16.2 Å². The number of hydrogen-bond donors (Lipinski definition) is 2. The second-order valence-electron chi connectivity index (χ2n) is 4.83. The molecule has 2 N–H and O–H groups in total. The third kappa shape index (κ3) is 2.78. The standard InChI is InChI=1S/C16H15ClO3/c1-9-4-3-5-11(6-9)10(2)13-7-12(17)8-14(15(13)18)16(19)20/h3-8,10,18H,1-2H3,(H,19,20). The van der Waals surface area contributed by atoms with Crippen molar-refractivity contribution in [3.8, 4) is 5.75 Å². The van der Waals surface area contributed by atoms with E-state index in [-0.39, 0.29) is 17.2 Å². The monoisotopic (exact) mass is 290 g/mol. The van der Waals surface area contributed by atoms with Crippen LogP contribution in [0.1, 0.15) is 39.9 Å². The lowest BCUT2D eigenvalue weighted by Gasteiger charge is -2.16. The Labute approximate surface area is 122 Å². The van der Waals surface area contributed by atoms with Crippen LogP contribution in [0.5, 0.6) is 5.75 Å². The van der Waals surface area contributed by atoms with Crippen LogP contribution in [0.25, 0.3) is 0 Å². The van der Waals surface area contributed by atoms with Gasteiger partial charge in [0, 0.05) is 16.5 Å². The highest BCUT2D eigenvalue weighted by Crippen LogP contribution is 2.36. The van der Waals surface area contributed by atoms with Crippen molar-refractivity contribution in [2.75, 3.05) is 0 Å². The van der Waals surface area contributed by atoms with E-state index in [1.54, 1.807) is 6.07 Å². The number of hydrogen-bond acceptors (Lipinski definition) is 2. The van der Waals surface area contributed by atoms with Gasteiger partial charge >= 0.3 is 5.97 Å². The van der Waals surface area contributed by atoms with Crippen LogP contribution in [0.2, 0.25) is 5.02 Å². The van der Waals surface area contributed by atoms with Crippen molar-refractivity contribution in [3.63, 3.8) is 0 Å². The van der Waals surface area contributed by atoms with E-state index in [0.29, 0.717) is 10.6 Å².